The maximum atomic E-state index is 3.60. The van der Waals surface area contributed by atoms with E-state index in [-0.39, 0.29) is 5.54 Å². The number of piperidine rings is 1. The molecule has 3 atom stereocenters. The Bertz CT molecular complexity index is 207. The first kappa shape index (κ1) is 14.0. The van der Waals surface area contributed by atoms with Gasteiger partial charge < -0.3 is 5.32 Å². The normalized spacial score (nSPS) is 30.4. The summed E-state index contributed by atoms with van der Waals surface area (Å²) in [7, 11) is 0. The minimum atomic E-state index is 0.239. The van der Waals surface area contributed by atoms with Crippen molar-refractivity contribution < 1.29 is 0 Å². The Morgan fingerprint density at radius 3 is 2.38 bits per heavy atom. The third-order valence-electron chi connectivity index (χ3n) is 3.92. The van der Waals surface area contributed by atoms with Crippen molar-refractivity contribution in [2.24, 2.45) is 11.8 Å². The van der Waals surface area contributed by atoms with Crippen LogP contribution in [0, 0.1) is 11.8 Å². The summed E-state index contributed by atoms with van der Waals surface area (Å²) in [5, 5.41) is 3.60. The van der Waals surface area contributed by atoms with E-state index in [2.05, 4.69) is 51.8 Å². The van der Waals surface area contributed by atoms with E-state index in [1.807, 2.05) is 0 Å². The summed E-state index contributed by atoms with van der Waals surface area (Å²) in [6.45, 7) is 17.5. The van der Waals surface area contributed by atoms with Crippen LogP contribution in [-0.4, -0.2) is 36.1 Å². The fourth-order valence-electron chi connectivity index (χ4n) is 2.28. The molecule has 0 radical (unpaired) electrons. The molecule has 1 saturated heterocycles. The minimum absolute atomic E-state index is 0.239. The van der Waals surface area contributed by atoms with E-state index in [1.165, 1.54) is 19.5 Å². The van der Waals surface area contributed by atoms with Crippen LogP contribution < -0.4 is 5.32 Å². The van der Waals surface area contributed by atoms with Crippen LogP contribution in [0.4, 0.5) is 0 Å². The summed E-state index contributed by atoms with van der Waals surface area (Å²) < 4.78 is 0. The van der Waals surface area contributed by atoms with Gasteiger partial charge in [0, 0.05) is 24.7 Å². The maximum Gasteiger partial charge on any atom is 0.0192 e. The van der Waals surface area contributed by atoms with Gasteiger partial charge in [-0.25, -0.2) is 0 Å². The molecule has 2 nitrogen and oxygen atoms in total. The Morgan fingerprint density at radius 2 is 1.88 bits per heavy atom. The van der Waals surface area contributed by atoms with Gasteiger partial charge in [-0.1, -0.05) is 13.8 Å². The van der Waals surface area contributed by atoms with Crippen molar-refractivity contribution in [1.29, 1.82) is 0 Å². The molecule has 0 amide bonds. The van der Waals surface area contributed by atoms with Gasteiger partial charge in [-0.3, -0.25) is 4.90 Å². The predicted octanol–water partition coefficient (Wildman–Crippen LogP) is 2.74. The van der Waals surface area contributed by atoms with Crippen LogP contribution in [0.15, 0.2) is 0 Å². The number of rotatable bonds is 3. The van der Waals surface area contributed by atoms with E-state index in [1.54, 1.807) is 0 Å². The lowest BCUT2D eigenvalue weighted by Crippen LogP contribution is -2.50. The van der Waals surface area contributed by atoms with Crippen LogP contribution in [-0.2, 0) is 0 Å². The van der Waals surface area contributed by atoms with Crippen LogP contribution in [0.2, 0.25) is 0 Å². The zero-order chi connectivity index (χ0) is 12.3. The molecule has 1 heterocycles. The molecule has 0 aromatic heterocycles. The van der Waals surface area contributed by atoms with E-state index in [9.17, 15) is 0 Å². The molecule has 1 aliphatic heterocycles. The molecular formula is C14H30N2. The fraction of sp³-hybridized carbons (Fsp3) is 1.00. The van der Waals surface area contributed by atoms with E-state index < -0.39 is 0 Å². The molecule has 0 aromatic carbocycles. The zero-order valence-corrected chi connectivity index (χ0v) is 12.0. The molecule has 2 heteroatoms. The molecule has 0 saturated carbocycles. The van der Waals surface area contributed by atoms with Crippen molar-refractivity contribution in [2.45, 2.75) is 59.5 Å². The van der Waals surface area contributed by atoms with Crippen molar-refractivity contribution in [3.05, 3.63) is 0 Å². The van der Waals surface area contributed by atoms with E-state index >= 15 is 0 Å². The second kappa shape index (κ2) is 5.50. The molecule has 0 bridgehead atoms. The molecular weight excluding hydrogens is 196 g/mol. The summed E-state index contributed by atoms with van der Waals surface area (Å²) in [4.78, 5) is 2.64. The second-order valence-corrected chi connectivity index (χ2v) is 6.72. The standard InChI is InChI=1S/C14H30N2/c1-11-7-8-16(10-12(11)2)13(3)9-15-14(4,5)6/h11-13,15H,7-10H2,1-6H3. The molecule has 0 spiro atoms. The number of hydrogen-bond donors (Lipinski definition) is 1. The molecule has 1 rings (SSSR count). The molecule has 1 N–H and O–H groups in total. The lowest BCUT2D eigenvalue weighted by atomic mass is 9.88. The lowest BCUT2D eigenvalue weighted by Gasteiger charge is -2.39. The molecule has 1 aliphatic rings. The Balaban J connectivity index is 2.34. The number of nitrogens with one attached hydrogen (secondary N) is 1. The van der Waals surface area contributed by atoms with Gasteiger partial charge in [0.05, 0.1) is 0 Å². The Hall–Kier alpha value is -0.0800. The van der Waals surface area contributed by atoms with Gasteiger partial charge in [-0.05, 0) is 52.5 Å². The first-order valence-corrected chi connectivity index (χ1v) is 6.78. The highest BCUT2D eigenvalue weighted by atomic mass is 15.2. The first-order chi connectivity index (χ1) is 7.29. The number of nitrogens with zero attached hydrogens (tertiary/aromatic N) is 1. The van der Waals surface area contributed by atoms with E-state index in [0.717, 1.165) is 18.4 Å². The molecule has 96 valence electrons. The van der Waals surface area contributed by atoms with Crippen molar-refractivity contribution in [3.8, 4) is 0 Å². The van der Waals surface area contributed by atoms with Crippen LogP contribution in [0.1, 0.15) is 48.0 Å². The summed E-state index contributed by atoms with van der Waals surface area (Å²) >= 11 is 0. The Morgan fingerprint density at radius 1 is 1.25 bits per heavy atom. The average Bonchev–Trinajstić information content (AvgIpc) is 2.17. The van der Waals surface area contributed by atoms with Crippen molar-refractivity contribution >= 4 is 0 Å². The van der Waals surface area contributed by atoms with E-state index in [0.29, 0.717) is 6.04 Å². The van der Waals surface area contributed by atoms with Crippen LogP contribution in [0.5, 0.6) is 0 Å². The summed E-state index contributed by atoms with van der Waals surface area (Å²) in [6.07, 6.45) is 1.36. The molecule has 0 aromatic rings. The molecule has 0 aliphatic carbocycles. The highest BCUT2D eigenvalue weighted by molar-refractivity contribution is 4.81. The van der Waals surface area contributed by atoms with Gasteiger partial charge in [0.25, 0.3) is 0 Å². The van der Waals surface area contributed by atoms with Gasteiger partial charge in [0.2, 0.25) is 0 Å². The highest BCUT2D eigenvalue weighted by Gasteiger charge is 2.26. The molecule has 1 fully saturated rings. The van der Waals surface area contributed by atoms with E-state index in [4.69, 9.17) is 0 Å². The third kappa shape index (κ3) is 4.42. The van der Waals surface area contributed by atoms with Gasteiger partial charge in [0.1, 0.15) is 0 Å². The average molecular weight is 226 g/mol. The largest absolute Gasteiger partial charge is 0.311 e. The number of hydrogen-bond acceptors (Lipinski definition) is 2. The van der Waals surface area contributed by atoms with Gasteiger partial charge in [0.15, 0.2) is 0 Å². The number of likely N-dealkylation sites (tertiary alicyclic amines) is 1. The summed E-state index contributed by atoms with van der Waals surface area (Å²) in [5.74, 6) is 1.75. The SMILES string of the molecule is CC1CCN(C(C)CNC(C)(C)C)CC1C. The predicted molar refractivity (Wildman–Crippen MR) is 71.7 cm³/mol. The topological polar surface area (TPSA) is 15.3 Å². The zero-order valence-electron chi connectivity index (χ0n) is 12.0. The van der Waals surface area contributed by atoms with Crippen LogP contribution in [0.3, 0.4) is 0 Å². The molecule has 16 heavy (non-hydrogen) atoms. The summed E-state index contributed by atoms with van der Waals surface area (Å²) in [6, 6.07) is 0.661. The lowest BCUT2D eigenvalue weighted by molar-refractivity contribution is 0.0988. The van der Waals surface area contributed by atoms with Crippen LogP contribution >= 0.6 is 0 Å². The Labute approximate surface area is 102 Å². The van der Waals surface area contributed by atoms with Gasteiger partial charge in [-0.2, -0.15) is 0 Å². The maximum absolute atomic E-state index is 3.60. The molecule has 3 unspecified atom stereocenters. The minimum Gasteiger partial charge on any atom is -0.311 e. The quantitative estimate of drug-likeness (QED) is 0.796. The summed E-state index contributed by atoms with van der Waals surface area (Å²) in [5.41, 5.74) is 0.239. The smallest absolute Gasteiger partial charge is 0.0192 e. The highest BCUT2D eigenvalue weighted by Crippen LogP contribution is 2.23. The fourth-order valence-corrected chi connectivity index (χ4v) is 2.28. The van der Waals surface area contributed by atoms with Crippen molar-refractivity contribution in [1.82, 2.24) is 10.2 Å². The Kier molecular flexibility index (Phi) is 4.81. The second-order valence-electron chi connectivity index (χ2n) is 6.72. The van der Waals surface area contributed by atoms with Crippen molar-refractivity contribution in [3.63, 3.8) is 0 Å². The monoisotopic (exact) mass is 226 g/mol. The van der Waals surface area contributed by atoms with Crippen LogP contribution in [0.25, 0.3) is 0 Å². The van der Waals surface area contributed by atoms with Gasteiger partial charge in [-0.15, -0.1) is 0 Å². The van der Waals surface area contributed by atoms with Gasteiger partial charge >= 0.3 is 0 Å². The third-order valence-corrected chi connectivity index (χ3v) is 3.92. The first-order valence-electron chi connectivity index (χ1n) is 6.78. The van der Waals surface area contributed by atoms with Crippen molar-refractivity contribution in [2.75, 3.05) is 19.6 Å².